The lowest BCUT2D eigenvalue weighted by atomic mass is 10.2. The minimum atomic E-state index is -0.913. The van der Waals surface area contributed by atoms with Crippen molar-refractivity contribution in [2.75, 3.05) is 13.7 Å². The van der Waals surface area contributed by atoms with E-state index in [1.54, 1.807) is 6.08 Å². The molecule has 0 unspecified atom stereocenters. The summed E-state index contributed by atoms with van der Waals surface area (Å²) in [5.41, 5.74) is 0. The van der Waals surface area contributed by atoms with Crippen molar-refractivity contribution in [1.82, 2.24) is 0 Å². The molecule has 1 aliphatic heterocycles. The molecule has 0 bridgehead atoms. The molecule has 1 N–H and O–H groups in total. The van der Waals surface area contributed by atoms with Crippen LogP contribution in [0, 0.1) is 0 Å². The standard InChI is InChI=1S/C10H14O6/c1-14-9(12)5-3-2-4-7(11)8-6-15-10(13)16-8/h2,4,7-8,11H,3,5-6H2,1H3/b4-2+/t7-,8+/m1/s1. The van der Waals surface area contributed by atoms with E-state index < -0.39 is 18.4 Å². The van der Waals surface area contributed by atoms with Gasteiger partial charge in [-0.1, -0.05) is 12.2 Å². The molecule has 0 spiro atoms. The number of hydrogen-bond acceptors (Lipinski definition) is 6. The fraction of sp³-hybridized carbons (Fsp3) is 0.600. The molecule has 1 heterocycles. The van der Waals surface area contributed by atoms with Crippen molar-refractivity contribution in [2.24, 2.45) is 0 Å². The van der Waals surface area contributed by atoms with E-state index in [2.05, 4.69) is 14.2 Å². The van der Waals surface area contributed by atoms with Gasteiger partial charge >= 0.3 is 12.1 Å². The zero-order valence-electron chi connectivity index (χ0n) is 8.92. The van der Waals surface area contributed by atoms with Crippen molar-refractivity contribution >= 4 is 12.1 Å². The van der Waals surface area contributed by atoms with Crippen LogP contribution in [0.5, 0.6) is 0 Å². The molecule has 1 saturated heterocycles. The van der Waals surface area contributed by atoms with Gasteiger partial charge in [-0.15, -0.1) is 0 Å². The average Bonchev–Trinajstić information content (AvgIpc) is 2.70. The van der Waals surface area contributed by atoms with Gasteiger partial charge in [-0.05, 0) is 6.42 Å². The molecule has 6 nitrogen and oxygen atoms in total. The summed E-state index contributed by atoms with van der Waals surface area (Å²) >= 11 is 0. The van der Waals surface area contributed by atoms with Crippen LogP contribution in [0.15, 0.2) is 12.2 Å². The highest BCUT2D eigenvalue weighted by molar-refractivity contribution is 5.69. The van der Waals surface area contributed by atoms with Gasteiger partial charge in [-0.2, -0.15) is 0 Å². The van der Waals surface area contributed by atoms with Crippen molar-refractivity contribution in [3.63, 3.8) is 0 Å². The number of aliphatic hydroxyl groups is 1. The molecule has 1 fully saturated rings. The monoisotopic (exact) mass is 230 g/mol. The van der Waals surface area contributed by atoms with Crippen LogP contribution in [0.25, 0.3) is 0 Å². The molecule has 6 heteroatoms. The van der Waals surface area contributed by atoms with Crippen molar-refractivity contribution in [1.29, 1.82) is 0 Å². The fourth-order valence-corrected chi connectivity index (χ4v) is 1.17. The summed E-state index contributed by atoms with van der Waals surface area (Å²) in [5.74, 6) is -0.310. The molecule has 0 aromatic heterocycles. The summed E-state index contributed by atoms with van der Waals surface area (Å²) in [6, 6.07) is 0. The molecule has 90 valence electrons. The lowest BCUT2D eigenvalue weighted by Crippen LogP contribution is -2.26. The van der Waals surface area contributed by atoms with Crippen molar-refractivity contribution in [2.45, 2.75) is 25.0 Å². The lowest BCUT2D eigenvalue weighted by Gasteiger charge is -2.09. The molecule has 1 aliphatic rings. The number of allylic oxidation sites excluding steroid dienone is 1. The van der Waals surface area contributed by atoms with Crippen molar-refractivity contribution in [3.8, 4) is 0 Å². The molecule has 2 atom stereocenters. The first-order valence-electron chi connectivity index (χ1n) is 4.88. The Morgan fingerprint density at radius 2 is 2.50 bits per heavy atom. The predicted molar refractivity (Wildman–Crippen MR) is 52.6 cm³/mol. The summed E-state index contributed by atoms with van der Waals surface area (Å²) in [6.45, 7) is 0.0430. The molecular formula is C10H14O6. The summed E-state index contributed by atoms with van der Waals surface area (Å²) in [4.78, 5) is 21.3. The fourth-order valence-electron chi connectivity index (χ4n) is 1.17. The largest absolute Gasteiger partial charge is 0.508 e. The maximum Gasteiger partial charge on any atom is 0.508 e. The van der Waals surface area contributed by atoms with Crippen LogP contribution < -0.4 is 0 Å². The van der Waals surface area contributed by atoms with Crippen LogP contribution in [0.2, 0.25) is 0 Å². The molecule has 0 aromatic rings. The third kappa shape index (κ3) is 3.90. The smallest absolute Gasteiger partial charge is 0.469 e. The van der Waals surface area contributed by atoms with Crippen LogP contribution in [0.1, 0.15) is 12.8 Å². The van der Waals surface area contributed by atoms with Gasteiger partial charge in [0.1, 0.15) is 12.7 Å². The summed E-state index contributed by atoms with van der Waals surface area (Å²) in [6.07, 6.45) is 1.47. The van der Waals surface area contributed by atoms with Gasteiger partial charge in [0.2, 0.25) is 0 Å². The van der Waals surface area contributed by atoms with E-state index in [1.165, 1.54) is 13.2 Å². The van der Waals surface area contributed by atoms with E-state index in [9.17, 15) is 14.7 Å². The third-order valence-corrected chi connectivity index (χ3v) is 2.07. The molecule has 0 amide bonds. The molecule has 1 rings (SSSR count). The SMILES string of the molecule is COC(=O)CC/C=C/[C@@H](O)[C@@H]1COC(=O)O1. The van der Waals surface area contributed by atoms with Gasteiger partial charge in [0.15, 0.2) is 6.10 Å². The van der Waals surface area contributed by atoms with Crippen LogP contribution in [0.4, 0.5) is 4.79 Å². The maximum absolute atomic E-state index is 10.7. The van der Waals surface area contributed by atoms with E-state index >= 15 is 0 Å². The van der Waals surface area contributed by atoms with Crippen LogP contribution >= 0.6 is 0 Å². The Kier molecular flexibility index (Phi) is 4.78. The topological polar surface area (TPSA) is 82.1 Å². The first-order chi connectivity index (χ1) is 7.63. The van der Waals surface area contributed by atoms with Gasteiger partial charge in [0, 0.05) is 6.42 Å². The highest BCUT2D eigenvalue weighted by Crippen LogP contribution is 2.11. The van der Waals surface area contributed by atoms with Gasteiger partial charge < -0.3 is 19.3 Å². The Bertz CT molecular complexity index is 285. The van der Waals surface area contributed by atoms with Crippen molar-refractivity contribution in [3.05, 3.63) is 12.2 Å². The predicted octanol–water partition coefficient (Wildman–Crippen LogP) is 0.392. The number of methoxy groups -OCH3 is 1. The number of aliphatic hydroxyl groups excluding tert-OH is 1. The molecular weight excluding hydrogens is 216 g/mol. The van der Waals surface area contributed by atoms with Crippen LogP contribution in [0.3, 0.4) is 0 Å². The summed E-state index contributed by atoms with van der Waals surface area (Å²) in [5, 5.41) is 9.53. The number of esters is 1. The van der Waals surface area contributed by atoms with Gasteiger partial charge in [-0.25, -0.2) is 4.79 Å². The zero-order valence-corrected chi connectivity index (χ0v) is 8.92. The first-order valence-corrected chi connectivity index (χ1v) is 4.88. The Hall–Kier alpha value is -1.56. The van der Waals surface area contributed by atoms with E-state index in [4.69, 9.17) is 0 Å². The Morgan fingerprint density at radius 3 is 3.06 bits per heavy atom. The van der Waals surface area contributed by atoms with E-state index in [0.717, 1.165) is 0 Å². The number of ether oxygens (including phenoxy) is 3. The first kappa shape index (κ1) is 12.5. The number of hydrogen-bond donors (Lipinski definition) is 1. The highest BCUT2D eigenvalue weighted by Gasteiger charge is 2.29. The van der Waals surface area contributed by atoms with E-state index in [-0.39, 0.29) is 19.0 Å². The second-order valence-electron chi connectivity index (χ2n) is 3.25. The van der Waals surface area contributed by atoms with Crippen LogP contribution in [-0.4, -0.2) is 43.2 Å². The second kappa shape index (κ2) is 6.12. The normalized spacial score (nSPS) is 21.6. The summed E-state index contributed by atoms with van der Waals surface area (Å²) in [7, 11) is 1.32. The number of carbonyl (C=O) groups is 2. The maximum atomic E-state index is 10.7. The minimum Gasteiger partial charge on any atom is -0.469 e. The average molecular weight is 230 g/mol. The minimum absolute atomic E-state index is 0.0430. The number of rotatable bonds is 5. The third-order valence-electron chi connectivity index (χ3n) is 2.07. The quantitative estimate of drug-likeness (QED) is 0.543. The van der Waals surface area contributed by atoms with Crippen molar-refractivity contribution < 1.29 is 28.9 Å². The molecule has 0 radical (unpaired) electrons. The number of cyclic esters (lactones) is 2. The van der Waals surface area contributed by atoms with E-state index in [1.807, 2.05) is 0 Å². The number of carbonyl (C=O) groups excluding carboxylic acids is 2. The molecule has 0 aliphatic carbocycles. The summed E-state index contributed by atoms with van der Waals surface area (Å²) < 4.78 is 13.6. The van der Waals surface area contributed by atoms with Gasteiger partial charge in [-0.3, -0.25) is 4.79 Å². The highest BCUT2D eigenvalue weighted by atomic mass is 16.8. The molecule has 0 aromatic carbocycles. The Labute approximate surface area is 92.8 Å². The Balaban J connectivity index is 2.23. The lowest BCUT2D eigenvalue weighted by molar-refractivity contribution is -0.140. The molecule has 16 heavy (non-hydrogen) atoms. The van der Waals surface area contributed by atoms with Gasteiger partial charge in [0.25, 0.3) is 0 Å². The van der Waals surface area contributed by atoms with Crippen LogP contribution in [-0.2, 0) is 19.0 Å². The van der Waals surface area contributed by atoms with Gasteiger partial charge in [0.05, 0.1) is 7.11 Å². The Morgan fingerprint density at radius 1 is 1.75 bits per heavy atom. The van der Waals surface area contributed by atoms with E-state index in [0.29, 0.717) is 6.42 Å². The zero-order chi connectivity index (χ0) is 12.0. The second-order valence-corrected chi connectivity index (χ2v) is 3.25. The molecule has 0 saturated carbocycles.